The van der Waals surface area contributed by atoms with Crippen molar-refractivity contribution < 1.29 is 141 Å². The number of carboxylic acid groups (broad SMARTS) is 1. The van der Waals surface area contributed by atoms with Gasteiger partial charge in [0.1, 0.15) is 19.6 Å². The van der Waals surface area contributed by atoms with Crippen LogP contribution in [0.4, 0.5) is 0 Å². The van der Waals surface area contributed by atoms with Gasteiger partial charge in [-0.1, -0.05) is 144 Å². The number of carbonyl (C=O) groups excluding carboxylic acids is 1. The average molecular weight is 1340 g/mol. The molecule has 0 spiro atoms. The van der Waals surface area contributed by atoms with Crippen molar-refractivity contribution in [3.63, 3.8) is 0 Å². The van der Waals surface area contributed by atoms with E-state index in [2.05, 4.69) is 234 Å². The molecule has 3 rings (SSSR count). The molecule has 8 N–H and O–H groups in total. The van der Waals surface area contributed by atoms with Crippen molar-refractivity contribution in [1.82, 2.24) is 0 Å². The zero-order valence-electron chi connectivity index (χ0n) is 53.8. The number of nitrogens with one attached hydrogen (secondary N) is 3. The van der Waals surface area contributed by atoms with Crippen LogP contribution in [0.2, 0.25) is 0 Å². The minimum absolute atomic E-state index is 0. The number of hydrogen-bond acceptors (Lipinski definition) is 2. The molecule has 1 unspecified atom stereocenters. The predicted molar refractivity (Wildman–Crippen MR) is 330 cm³/mol. The highest BCUT2D eigenvalue weighted by Gasteiger charge is 2.17. The van der Waals surface area contributed by atoms with E-state index < -0.39 is 5.97 Å². The standard InChI is InChI=1S/C12H18N.C11H15N.C10H13N.C9H20N.C7H15N.C6H14N.C5H11N.C3H7N.C2H4O2.BrH.6ClH/c1-4-10-13(2,3)11-12-8-6-5-7-9-12;1-3-9-12(2)10-11-7-5-4-6-8-11;1-2-8-11-9-10-6-4-3-5-7-10;1-5-9-10(6-2,7-3)8-4;1-4-7-8(5-2)6-3;1-5-6-7(2,3)4;1-4-5-6(2)3;1-2-3-4;1-2(3)4;;;;;;;/h4-9H,1,10-11H2,2-3H3;3-8H,1,9-10H2,2H3;2-7,11H,1,8-9H2;5H,1,6-9H2,2-4H3;4H,1,5-7H2,2-3H3;5H,1,6H2,2-4H3;4H,1,5H2,2-3H3;2H,1,3-4H2;1H3,(H,3,4);7*1H/q+1;;;+1;;+1;;;;;;;;;;/p-3. The largest absolute Gasteiger partial charge is 1.00 e. The maximum atomic E-state index is 8.89. The zero-order valence-corrected chi connectivity index (χ0v) is 60.0. The van der Waals surface area contributed by atoms with Crippen molar-refractivity contribution in [2.45, 2.75) is 61.2 Å². The van der Waals surface area contributed by atoms with Crippen molar-refractivity contribution >= 4 is 5.97 Å². The summed E-state index contributed by atoms with van der Waals surface area (Å²) < 4.78 is 3.13. The molecule has 1 atom stereocenters. The minimum Gasteiger partial charge on any atom is -1.00 e. The van der Waals surface area contributed by atoms with Crippen LogP contribution in [0.1, 0.15) is 58.2 Å². The molecule has 0 bridgehead atoms. The number of rotatable bonds is 26. The van der Waals surface area contributed by atoms with Gasteiger partial charge in [0.25, 0.3) is 0 Å². The molecular formula is C65H121BrCl6N8O2. The number of halogens is 7. The van der Waals surface area contributed by atoms with Crippen LogP contribution in [0, 0.1) is 0 Å². The van der Waals surface area contributed by atoms with E-state index in [4.69, 9.17) is 9.90 Å². The molecule has 0 heterocycles. The Labute approximate surface area is 554 Å². The summed E-state index contributed by atoms with van der Waals surface area (Å²) >= 11 is 0. The van der Waals surface area contributed by atoms with Gasteiger partial charge in [-0.3, -0.25) is 0 Å². The van der Waals surface area contributed by atoms with Crippen molar-refractivity contribution in [2.75, 3.05) is 141 Å². The van der Waals surface area contributed by atoms with Gasteiger partial charge in [0.2, 0.25) is 0 Å². The van der Waals surface area contributed by atoms with Gasteiger partial charge in [0.05, 0.1) is 141 Å². The number of benzene rings is 3. The molecule has 0 aliphatic heterocycles. The van der Waals surface area contributed by atoms with Gasteiger partial charge in [-0.25, -0.2) is 0 Å². The Bertz CT molecular complexity index is 1770. The summed E-state index contributed by atoms with van der Waals surface area (Å²) in [5.74, 6) is -1.08. The van der Waals surface area contributed by atoms with Crippen molar-refractivity contribution in [2.24, 2.45) is 0 Å². The molecule has 0 aliphatic rings. The quantitative estimate of drug-likeness (QED) is 0.0314. The molecular weight excluding hydrogens is 1220 g/mol. The highest BCUT2D eigenvalue weighted by Crippen LogP contribution is 2.08. The van der Waals surface area contributed by atoms with E-state index in [1.54, 1.807) is 11.0 Å². The summed E-state index contributed by atoms with van der Waals surface area (Å²) in [6, 6.07) is 31.5. The van der Waals surface area contributed by atoms with Gasteiger partial charge in [0.15, 0.2) is 0 Å². The number of hydrogen-bond donors (Lipinski definition) is 5. The lowest BCUT2D eigenvalue weighted by atomic mass is 10.2. The predicted octanol–water partition coefficient (Wildman–Crippen LogP) is -16.2. The van der Waals surface area contributed by atoms with E-state index in [0.717, 1.165) is 87.9 Å². The molecule has 0 aliphatic carbocycles. The van der Waals surface area contributed by atoms with Crippen LogP contribution < -0.4 is 122 Å². The van der Waals surface area contributed by atoms with Gasteiger partial charge in [-0.15, -0.1) is 0 Å². The van der Waals surface area contributed by atoms with Gasteiger partial charge < -0.3 is 141 Å². The second-order valence-electron chi connectivity index (χ2n) is 19.9. The molecule has 0 fully saturated rings. The van der Waals surface area contributed by atoms with E-state index in [1.807, 2.05) is 54.7 Å². The molecule has 10 nitrogen and oxygen atoms in total. The lowest BCUT2D eigenvalue weighted by molar-refractivity contribution is -0.917. The molecule has 17 heteroatoms. The summed E-state index contributed by atoms with van der Waals surface area (Å²) in [6.07, 6.45) is 15.5. The first-order chi connectivity index (χ1) is 35.5. The number of aliphatic carboxylic acids is 1. The first-order valence-corrected chi connectivity index (χ1v) is 27.2. The normalized spacial score (nSPS) is 9.48. The number of nitrogens with zero attached hydrogens (tertiary/aromatic N) is 3. The molecule has 0 saturated heterocycles. The summed E-state index contributed by atoms with van der Waals surface area (Å²) in [7, 11) is 17.2. The number of carboxylic acids is 1. The first-order valence-electron chi connectivity index (χ1n) is 27.2. The molecule has 82 heavy (non-hydrogen) atoms. The average Bonchev–Trinajstić information content (AvgIpc) is 3.36. The lowest BCUT2D eigenvalue weighted by Crippen LogP contribution is -3.11. The molecule has 0 aromatic heterocycles. The van der Waals surface area contributed by atoms with Crippen molar-refractivity contribution in [3.8, 4) is 0 Å². The smallest absolute Gasteiger partial charge is 0.104 e. The Morgan fingerprint density at radius 3 is 1.12 bits per heavy atom. The highest BCUT2D eigenvalue weighted by molar-refractivity contribution is 5.60. The number of quaternary nitrogens is 8. The molecule has 482 valence electrons. The van der Waals surface area contributed by atoms with E-state index in [1.165, 1.54) is 63.7 Å². The monoisotopic (exact) mass is 1330 g/mol. The Morgan fingerprint density at radius 2 is 0.890 bits per heavy atom. The molecule has 0 saturated carbocycles. The van der Waals surface area contributed by atoms with E-state index >= 15 is 0 Å². The van der Waals surface area contributed by atoms with Gasteiger partial charge in [0, 0.05) is 22.7 Å². The summed E-state index contributed by atoms with van der Waals surface area (Å²) in [4.78, 5) is 13.4. The fourth-order valence-corrected chi connectivity index (χ4v) is 6.49. The van der Waals surface area contributed by atoms with Crippen LogP contribution in [0.15, 0.2) is 192 Å². The van der Waals surface area contributed by atoms with Crippen molar-refractivity contribution in [1.29, 1.82) is 0 Å². The first kappa shape index (κ1) is 110. The SMILES string of the molecule is C=CC[N+](C)(C)C.C=CC[N+](C)(C)Cc1ccccc1.C=CC[N+](CC)(CC)CC.C=CC[NH+](C)C.C=CC[NH+](C)Cc1ccccc1.C=CC[NH+](CC)CC.C=CC[NH2+]Cc1ccccc1.C=CC[NH3+].CC(=O)[O-].[Br-].[Cl-].[Cl-].[Cl-].[Cl-].[Cl-].[Cl-]. The lowest BCUT2D eigenvalue weighted by Gasteiger charge is -2.34. The summed E-state index contributed by atoms with van der Waals surface area (Å²) in [5, 5.41) is 11.1. The van der Waals surface area contributed by atoms with Gasteiger partial charge in [-0.2, -0.15) is 0 Å². The number of nitrogens with two attached hydrogens (primary N) is 1. The second kappa shape index (κ2) is 80.0. The Hall–Kier alpha value is -3.05. The number of likely N-dealkylation sites (N-methyl/N-ethyl adjacent to an activating group) is 6. The Morgan fingerprint density at radius 1 is 0.537 bits per heavy atom. The maximum Gasteiger partial charge on any atom is 0.104 e. The fraction of sp³-hybridized carbons (Fsp3) is 0.462. The van der Waals surface area contributed by atoms with Gasteiger partial charge in [-0.05, 0) is 90.2 Å². The van der Waals surface area contributed by atoms with Crippen LogP contribution in [0.25, 0.3) is 0 Å². The molecule has 0 amide bonds. The Balaban J connectivity index is -0.0000000600. The van der Waals surface area contributed by atoms with E-state index in [0.29, 0.717) is 0 Å². The topological polar surface area (TPSA) is 97.7 Å². The summed E-state index contributed by atoms with van der Waals surface area (Å²) in [5.41, 5.74) is 7.63. The second-order valence-corrected chi connectivity index (χ2v) is 19.9. The minimum atomic E-state index is -1.08. The van der Waals surface area contributed by atoms with Crippen LogP contribution in [0.3, 0.4) is 0 Å². The van der Waals surface area contributed by atoms with E-state index in [-0.39, 0.29) is 91.4 Å². The maximum absolute atomic E-state index is 8.89. The van der Waals surface area contributed by atoms with Crippen LogP contribution in [0.5, 0.6) is 0 Å². The third kappa shape index (κ3) is 90.7. The molecule has 3 aromatic carbocycles. The van der Waals surface area contributed by atoms with Crippen molar-refractivity contribution in [3.05, 3.63) is 209 Å². The van der Waals surface area contributed by atoms with E-state index in [9.17, 15) is 0 Å². The van der Waals surface area contributed by atoms with Gasteiger partial charge >= 0.3 is 0 Å². The third-order valence-electron chi connectivity index (χ3n) is 10.9. The molecule has 3 aromatic rings. The Kier molecular flexibility index (Phi) is 108. The summed E-state index contributed by atoms with van der Waals surface area (Å²) in [6.45, 7) is 58.8. The molecule has 0 radical (unpaired) electrons. The van der Waals surface area contributed by atoms with Crippen LogP contribution in [-0.4, -0.2) is 161 Å². The fourth-order valence-electron chi connectivity index (χ4n) is 6.49. The van der Waals surface area contributed by atoms with Crippen LogP contribution in [-0.2, 0) is 24.4 Å². The number of carbonyl (C=O) groups is 1. The van der Waals surface area contributed by atoms with Crippen LogP contribution >= 0.6 is 0 Å². The third-order valence-corrected chi connectivity index (χ3v) is 10.9. The highest BCUT2D eigenvalue weighted by atomic mass is 79.9. The zero-order chi connectivity index (χ0) is 58.8.